The summed E-state index contributed by atoms with van der Waals surface area (Å²) in [6.45, 7) is 3.17. The minimum atomic E-state index is -4.17. The number of aliphatic imine (C=N–C) groups is 1. The SMILES string of the molecule is CCNC(=NCCCOc1ccc(OC)cc1)NCCC(F)(F)F.I. The van der Waals surface area contributed by atoms with E-state index in [1.54, 1.807) is 19.2 Å². The number of guanidine groups is 1. The molecule has 0 aliphatic carbocycles. The smallest absolute Gasteiger partial charge is 0.390 e. The molecular weight excluding hydrogens is 450 g/mol. The van der Waals surface area contributed by atoms with Crippen molar-refractivity contribution in [1.82, 2.24) is 10.6 Å². The molecular formula is C16H25F3IN3O2. The van der Waals surface area contributed by atoms with Gasteiger partial charge in [-0.15, -0.1) is 24.0 Å². The van der Waals surface area contributed by atoms with Crippen LogP contribution in [0.25, 0.3) is 0 Å². The van der Waals surface area contributed by atoms with Crippen LogP contribution in [0.15, 0.2) is 29.3 Å². The van der Waals surface area contributed by atoms with Crippen LogP contribution in [-0.4, -0.2) is 45.5 Å². The molecule has 144 valence electrons. The Bertz CT molecular complexity index is 496. The third kappa shape index (κ3) is 11.7. The summed E-state index contributed by atoms with van der Waals surface area (Å²) < 4.78 is 47.0. The summed E-state index contributed by atoms with van der Waals surface area (Å²) in [7, 11) is 1.60. The number of alkyl halides is 3. The average molecular weight is 475 g/mol. The van der Waals surface area contributed by atoms with Gasteiger partial charge in [-0.1, -0.05) is 0 Å². The Kier molecular flexibility index (Phi) is 12.2. The second kappa shape index (κ2) is 12.9. The van der Waals surface area contributed by atoms with Crippen LogP contribution in [0.3, 0.4) is 0 Å². The van der Waals surface area contributed by atoms with E-state index in [1.807, 2.05) is 19.1 Å². The van der Waals surface area contributed by atoms with E-state index in [-0.39, 0.29) is 30.5 Å². The number of halogens is 4. The number of hydrogen-bond donors (Lipinski definition) is 2. The third-order valence-electron chi connectivity index (χ3n) is 2.95. The van der Waals surface area contributed by atoms with Crippen LogP contribution in [0.1, 0.15) is 19.8 Å². The molecule has 0 heterocycles. The minimum Gasteiger partial charge on any atom is -0.497 e. The van der Waals surface area contributed by atoms with Crippen LogP contribution in [-0.2, 0) is 0 Å². The number of methoxy groups -OCH3 is 1. The highest BCUT2D eigenvalue weighted by Gasteiger charge is 2.26. The zero-order valence-electron chi connectivity index (χ0n) is 14.4. The number of ether oxygens (including phenoxy) is 2. The van der Waals surface area contributed by atoms with E-state index in [1.165, 1.54) is 0 Å². The molecule has 0 aromatic heterocycles. The maximum Gasteiger partial charge on any atom is 0.390 e. The van der Waals surface area contributed by atoms with Gasteiger partial charge in [0.1, 0.15) is 11.5 Å². The van der Waals surface area contributed by atoms with Gasteiger partial charge in [-0.05, 0) is 31.2 Å². The first kappa shape index (κ1) is 23.6. The summed E-state index contributed by atoms with van der Waals surface area (Å²) >= 11 is 0. The van der Waals surface area contributed by atoms with Gasteiger partial charge >= 0.3 is 6.18 Å². The lowest BCUT2D eigenvalue weighted by atomic mass is 10.3. The van der Waals surface area contributed by atoms with Crippen molar-refractivity contribution >= 4 is 29.9 Å². The molecule has 1 rings (SSSR count). The molecule has 0 bridgehead atoms. The summed E-state index contributed by atoms with van der Waals surface area (Å²) in [6, 6.07) is 7.23. The Labute approximate surface area is 163 Å². The maximum atomic E-state index is 12.1. The van der Waals surface area contributed by atoms with E-state index in [4.69, 9.17) is 9.47 Å². The summed E-state index contributed by atoms with van der Waals surface area (Å²) in [5.41, 5.74) is 0. The van der Waals surface area contributed by atoms with Crippen LogP contribution in [0.5, 0.6) is 11.5 Å². The van der Waals surface area contributed by atoms with E-state index in [0.29, 0.717) is 32.1 Å². The predicted molar refractivity (Wildman–Crippen MR) is 103 cm³/mol. The second-order valence-electron chi connectivity index (χ2n) is 4.93. The number of hydrogen-bond acceptors (Lipinski definition) is 3. The highest BCUT2D eigenvalue weighted by molar-refractivity contribution is 14.0. The molecule has 5 nitrogen and oxygen atoms in total. The third-order valence-corrected chi connectivity index (χ3v) is 2.95. The predicted octanol–water partition coefficient (Wildman–Crippen LogP) is 3.59. The molecule has 0 saturated carbocycles. The van der Waals surface area contributed by atoms with E-state index < -0.39 is 12.6 Å². The van der Waals surface area contributed by atoms with Gasteiger partial charge in [-0.3, -0.25) is 4.99 Å². The zero-order chi connectivity index (χ0) is 17.8. The highest BCUT2D eigenvalue weighted by atomic mass is 127. The van der Waals surface area contributed by atoms with Crippen molar-refractivity contribution in [3.63, 3.8) is 0 Å². The molecule has 1 aromatic rings. The van der Waals surface area contributed by atoms with Gasteiger partial charge in [-0.25, -0.2) is 0 Å². The first-order valence-electron chi connectivity index (χ1n) is 7.80. The van der Waals surface area contributed by atoms with Gasteiger partial charge in [0.15, 0.2) is 5.96 Å². The van der Waals surface area contributed by atoms with Crippen molar-refractivity contribution in [1.29, 1.82) is 0 Å². The van der Waals surface area contributed by atoms with Gasteiger partial charge in [-0.2, -0.15) is 13.2 Å². The molecule has 9 heteroatoms. The standard InChI is InChI=1S/C16H24F3N3O2.HI/c1-3-20-15(22-11-9-16(17,18)19)21-10-4-12-24-14-7-5-13(23-2)6-8-14;/h5-8H,3-4,9-12H2,1-2H3,(H2,20,21,22);1H. The molecule has 0 unspecified atom stereocenters. The molecule has 25 heavy (non-hydrogen) atoms. The van der Waals surface area contributed by atoms with E-state index in [9.17, 15) is 13.2 Å². The Morgan fingerprint density at radius 2 is 1.76 bits per heavy atom. The number of nitrogens with zero attached hydrogens (tertiary/aromatic N) is 1. The minimum absolute atomic E-state index is 0. The van der Waals surface area contributed by atoms with Crippen molar-refractivity contribution in [2.45, 2.75) is 25.9 Å². The molecule has 0 aliphatic heterocycles. The lowest BCUT2D eigenvalue weighted by molar-refractivity contribution is -0.132. The highest BCUT2D eigenvalue weighted by Crippen LogP contribution is 2.18. The Balaban J connectivity index is 0.00000576. The van der Waals surface area contributed by atoms with Crippen LogP contribution < -0.4 is 20.1 Å². The van der Waals surface area contributed by atoms with Gasteiger partial charge in [0.25, 0.3) is 0 Å². The second-order valence-corrected chi connectivity index (χ2v) is 4.93. The summed E-state index contributed by atoms with van der Waals surface area (Å²) in [6.07, 6.45) is -4.41. The van der Waals surface area contributed by atoms with Crippen molar-refractivity contribution in [2.24, 2.45) is 4.99 Å². The van der Waals surface area contributed by atoms with Crippen LogP contribution >= 0.6 is 24.0 Å². The van der Waals surface area contributed by atoms with E-state index in [2.05, 4.69) is 15.6 Å². The fourth-order valence-electron chi connectivity index (χ4n) is 1.78. The van der Waals surface area contributed by atoms with Crippen molar-refractivity contribution in [3.8, 4) is 11.5 Å². The molecule has 0 atom stereocenters. The first-order valence-corrected chi connectivity index (χ1v) is 7.80. The molecule has 0 spiro atoms. The van der Waals surface area contributed by atoms with Gasteiger partial charge in [0, 0.05) is 26.1 Å². The van der Waals surface area contributed by atoms with Crippen LogP contribution in [0, 0.1) is 0 Å². The van der Waals surface area contributed by atoms with Gasteiger partial charge in [0.05, 0.1) is 20.1 Å². The fraction of sp³-hybridized carbons (Fsp3) is 0.562. The van der Waals surface area contributed by atoms with E-state index in [0.717, 1.165) is 11.5 Å². The Hall–Kier alpha value is -1.39. The van der Waals surface area contributed by atoms with Gasteiger partial charge in [0.2, 0.25) is 0 Å². The van der Waals surface area contributed by atoms with Crippen LogP contribution in [0.4, 0.5) is 13.2 Å². The quantitative estimate of drug-likeness (QED) is 0.248. The summed E-state index contributed by atoms with van der Waals surface area (Å²) in [5, 5.41) is 5.57. The van der Waals surface area contributed by atoms with Crippen molar-refractivity contribution in [3.05, 3.63) is 24.3 Å². The number of nitrogens with one attached hydrogen (secondary N) is 2. The van der Waals surface area contributed by atoms with E-state index >= 15 is 0 Å². The Morgan fingerprint density at radius 1 is 1.12 bits per heavy atom. The lowest BCUT2D eigenvalue weighted by Gasteiger charge is -2.12. The topological polar surface area (TPSA) is 54.9 Å². The zero-order valence-corrected chi connectivity index (χ0v) is 16.7. The molecule has 0 radical (unpaired) electrons. The maximum absolute atomic E-state index is 12.1. The Morgan fingerprint density at radius 3 is 2.32 bits per heavy atom. The van der Waals surface area contributed by atoms with Gasteiger partial charge < -0.3 is 20.1 Å². The summed E-state index contributed by atoms with van der Waals surface area (Å²) in [5.74, 6) is 1.87. The van der Waals surface area contributed by atoms with Crippen molar-refractivity contribution in [2.75, 3.05) is 33.4 Å². The van der Waals surface area contributed by atoms with Crippen LogP contribution in [0.2, 0.25) is 0 Å². The normalized spacial score (nSPS) is 11.5. The monoisotopic (exact) mass is 475 g/mol. The number of benzene rings is 1. The first-order chi connectivity index (χ1) is 11.4. The fourth-order valence-corrected chi connectivity index (χ4v) is 1.78. The molecule has 0 saturated heterocycles. The number of rotatable bonds is 9. The largest absolute Gasteiger partial charge is 0.497 e. The molecule has 1 aromatic carbocycles. The lowest BCUT2D eigenvalue weighted by Crippen LogP contribution is -2.39. The molecule has 0 amide bonds. The van der Waals surface area contributed by atoms with Crippen molar-refractivity contribution < 1.29 is 22.6 Å². The summed E-state index contributed by atoms with van der Waals surface area (Å²) in [4.78, 5) is 4.22. The molecule has 0 fully saturated rings. The molecule has 2 N–H and O–H groups in total. The average Bonchev–Trinajstić information content (AvgIpc) is 2.54. The molecule has 0 aliphatic rings.